The van der Waals surface area contributed by atoms with Gasteiger partial charge < -0.3 is 24.0 Å². The van der Waals surface area contributed by atoms with Gasteiger partial charge in [0.2, 0.25) is 5.82 Å². The number of fused-ring (bicyclic) bond motifs is 2. The maximum Gasteiger partial charge on any atom is 0.322 e. The zero-order valence-corrected chi connectivity index (χ0v) is 13.5. The van der Waals surface area contributed by atoms with E-state index < -0.39 is 0 Å². The molecule has 0 spiro atoms. The van der Waals surface area contributed by atoms with Crippen LogP contribution in [-0.4, -0.2) is 14.5 Å². The molecule has 3 aromatic rings. The molecule has 1 aromatic carbocycles. The minimum atomic E-state index is 0. The Balaban J connectivity index is 0.00000133. The molecule has 0 aliphatic heterocycles. The highest BCUT2D eigenvalue weighted by Crippen LogP contribution is 2.15. The van der Waals surface area contributed by atoms with Crippen LogP contribution in [0, 0.1) is 6.92 Å². The Morgan fingerprint density at radius 1 is 1.11 bits per heavy atom. The normalized spacial score (nSPS) is 10.9. The number of hydrogen-bond acceptors (Lipinski definition) is 2. The van der Waals surface area contributed by atoms with Crippen LogP contribution in [0.4, 0.5) is 0 Å². The van der Waals surface area contributed by atoms with Gasteiger partial charge in [0, 0.05) is 6.92 Å². The number of hydrogen-bond donors (Lipinski definition) is 0. The molecule has 0 bridgehead atoms. The van der Waals surface area contributed by atoms with Gasteiger partial charge in [-0.15, -0.1) is 0 Å². The van der Waals surface area contributed by atoms with Gasteiger partial charge in [0.15, 0.2) is 5.52 Å². The number of benzene rings is 1. The first-order valence-electron chi connectivity index (χ1n) is 6.41. The summed E-state index contributed by atoms with van der Waals surface area (Å²) in [5, 5.41) is 0. The first kappa shape index (κ1) is 14.2. The van der Waals surface area contributed by atoms with Gasteiger partial charge in [0.25, 0.3) is 5.65 Å². The Labute approximate surface area is 129 Å². The Morgan fingerprint density at radius 2 is 1.74 bits per heavy atom. The van der Waals surface area contributed by atoms with Crippen molar-refractivity contribution in [3.8, 4) is 0 Å². The highest BCUT2D eigenvalue weighted by molar-refractivity contribution is 5.81. The van der Waals surface area contributed by atoms with Crippen LogP contribution in [0.15, 0.2) is 24.3 Å². The number of aromatic nitrogens is 4. The van der Waals surface area contributed by atoms with E-state index in [4.69, 9.17) is 9.97 Å². The van der Waals surface area contributed by atoms with Gasteiger partial charge in [-0.25, -0.2) is 14.1 Å². The summed E-state index contributed by atoms with van der Waals surface area (Å²) in [5.74, 6) is 1.21. The zero-order chi connectivity index (χ0) is 12.7. The van der Waals surface area contributed by atoms with Crippen LogP contribution in [0.5, 0.6) is 0 Å². The fraction of sp³-hybridized carbons (Fsp3) is 0.357. The molecule has 2 heterocycles. The summed E-state index contributed by atoms with van der Waals surface area (Å²) in [6, 6.07) is 8.03. The molecule has 100 valence electrons. The lowest BCUT2D eigenvalue weighted by atomic mass is 10.3. The lowest BCUT2D eigenvalue weighted by Crippen LogP contribution is -3.00. The van der Waals surface area contributed by atoms with Gasteiger partial charge in [0.1, 0.15) is 5.52 Å². The first-order valence-corrected chi connectivity index (χ1v) is 6.41. The summed E-state index contributed by atoms with van der Waals surface area (Å²) in [6.45, 7) is 8.25. The van der Waals surface area contributed by atoms with Crippen LogP contribution in [0.3, 0.4) is 0 Å². The van der Waals surface area contributed by atoms with Gasteiger partial charge >= 0.3 is 5.65 Å². The number of para-hydroxylation sites is 2. The standard InChI is InChI=1S/C14H17N4.HI/c1-4-17-10(3)18(5-2)14-13(17)15-11-8-6-7-9-12(11)16-14;/h6-9H,4-5H2,1-3H3;1H/q+1;/p-1. The number of halogens is 1. The van der Waals surface area contributed by atoms with Crippen molar-refractivity contribution in [1.29, 1.82) is 0 Å². The fourth-order valence-electron chi connectivity index (χ4n) is 2.55. The van der Waals surface area contributed by atoms with E-state index in [-0.39, 0.29) is 24.0 Å². The molecule has 0 N–H and O–H groups in total. The van der Waals surface area contributed by atoms with Gasteiger partial charge in [-0.3, -0.25) is 0 Å². The Morgan fingerprint density at radius 3 is 2.32 bits per heavy atom. The summed E-state index contributed by atoms with van der Waals surface area (Å²) in [5.41, 5.74) is 3.88. The summed E-state index contributed by atoms with van der Waals surface area (Å²) < 4.78 is 4.44. The number of nitrogens with zero attached hydrogens (tertiary/aromatic N) is 4. The maximum atomic E-state index is 4.76. The Kier molecular flexibility index (Phi) is 4.03. The van der Waals surface area contributed by atoms with Crippen LogP contribution in [0.25, 0.3) is 22.3 Å². The van der Waals surface area contributed by atoms with Gasteiger partial charge in [-0.05, 0) is 26.0 Å². The predicted molar refractivity (Wildman–Crippen MR) is 71.3 cm³/mol. The molecule has 0 amide bonds. The van der Waals surface area contributed by atoms with E-state index in [0.29, 0.717) is 0 Å². The van der Waals surface area contributed by atoms with Crippen molar-refractivity contribution in [2.24, 2.45) is 0 Å². The van der Waals surface area contributed by atoms with Crippen molar-refractivity contribution in [2.45, 2.75) is 33.9 Å². The Hall–Kier alpha value is -1.24. The molecule has 3 rings (SSSR count). The topological polar surface area (TPSA) is 34.6 Å². The van der Waals surface area contributed by atoms with Crippen LogP contribution in [-0.2, 0) is 13.1 Å². The predicted octanol–water partition coefficient (Wildman–Crippen LogP) is -0.776. The zero-order valence-electron chi connectivity index (χ0n) is 11.4. The first-order chi connectivity index (χ1) is 8.76. The molecule has 0 fully saturated rings. The van der Waals surface area contributed by atoms with Crippen molar-refractivity contribution in [2.75, 3.05) is 0 Å². The molecule has 0 saturated heterocycles. The van der Waals surface area contributed by atoms with Crippen molar-refractivity contribution in [3.05, 3.63) is 30.1 Å². The molecule has 0 aliphatic carbocycles. The van der Waals surface area contributed by atoms with Crippen molar-refractivity contribution < 1.29 is 28.5 Å². The molecule has 0 saturated carbocycles. The van der Waals surface area contributed by atoms with Gasteiger partial charge in [-0.2, -0.15) is 0 Å². The van der Waals surface area contributed by atoms with Gasteiger partial charge in [-0.1, -0.05) is 17.1 Å². The van der Waals surface area contributed by atoms with Crippen LogP contribution in [0.2, 0.25) is 0 Å². The van der Waals surface area contributed by atoms with Crippen LogP contribution >= 0.6 is 0 Å². The molecule has 2 aromatic heterocycles. The monoisotopic (exact) mass is 368 g/mol. The van der Waals surface area contributed by atoms with E-state index in [1.54, 1.807) is 0 Å². The van der Waals surface area contributed by atoms with Crippen molar-refractivity contribution in [3.63, 3.8) is 0 Å². The van der Waals surface area contributed by atoms with Gasteiger partial charge in [0.05, 0.1) is 13.1 Å². The molecular weight excluding hydrogens is 351 g/mol. The van der Waals surface area contributed by atoms with Crippen molar-refractivity contribution in [1.82, 2.24) is 14.5 Å². The number of imidazole rings is 1. The lowest BCUT2D eigenvalue weighted by Gasteiger charge is -1.96. The largest absolute Gasteiger partial charge is 1.00 e. The van der Waals surface area contributed by atoms with Crippen molar-refractivity contribution >= 4 is 22.3 Å². The van der Waals surface area contributed by atoms with E-state index >= 15 is 0 Å². The summed E-state index contributed by atoms with van der Waals surface area (Å²) in [6.07, 6.45) is 0. The second kappa shape index (κ2) is 5.40. The van der Waals surface area contributed by atoms with Crippen LogP contribution in [0.1, 0.15) is 19.7 Å². The second-order valence-electron chi connectivity index (χ2n) is 4.40. The van der Waals surface area contributed by atoms with E-state index in [1.165, 1.54) is 5.82 Å². The number of rotatable bonds is 2. The van der Waals surface area contributed by atoms with E-state index in [9.17, 15) is 0 Å². The summed E-state index contributed by atoms with van der Waals surface area (Å²) in [4.78, 5) is 9.52. The highest BCUT2D eigenvalue weighted by atomic mass is 127. The molecule has 5 heteroatoms. The molecule has 0 radical (unpaired) electrons. The highest BCUT2D eigenvalue weighted by Gasteiger charge is 2.22. The Bertz CT molecular complexity index is 672. The van der Waals surface area contributed by atoms with E-state index in [0.717, 1.165) is 35.4 Å². The average Bonchev–Trinajstić information content (AvgIpc) is 2.66. The minimum Gasteiger partial charge on any atom is -1.00 e. The minimum absolute atomic E-state index is 0. The summed E-state index contributed by atoms with van der Waals surface area (Å²) >= 11 is 0. The summed E-state index contributed by atoms with van der Waals surface area (Å²) in [7, 11) is 0. The van der Waals surface area contributed by atoms with E-state index in [1.807, 2.05) is 24.3 Å². The molecule has 4 nitrogen and oxygen atoms in total. The lowest BCUT2D eigenvalue weighted by molar-refractivity contribution is -0.676. The maximum absolute atomic E-state index is 4.76. The molecular formula is C14H17IN4. The average molecular weight is 368 g/mol. The quantitative estimate of drug-likeness (QED) is 0.440. The molecule has 0 aliphatic rings. The molecule has 0 unspecified atom stereocenters. The SMILES string of the molecule is CCn1c(C)[n+](CC)c2nc3ccccc3nc21.[I-]. The number of aryl methyl sites for hydroxylation is 2. The molecule has 0 atom stereocenters. The van der Waals surface area contributed by atoms with Crippen LogP contribution < -0.4 is 28.5 Å². The van der Waals surface area contributed by atoms with E-state index in [2.05, 4.69) is 29.9 Å². The smallest absolute Gasteiger partial charge is 0.322 e. The second-order valence-corrected chi connectivity index (χ2v) is 4.40. The third-order valence-corrected chi connectivity index (χ3v) is 3.46. The molecule has 19 heavy (non-hydrogen) atoms. The third kappa shape index (κ3) is 2.09. The fourth-order valence-corrected chi connectivity index (χ4v) is 2.55. The third-order valence-electron chi connectivity index (χ3n) is 3.46.